The maximum absolute atomic E-state index is 12.9. The first kappa shape index (κ1) is 16.9. The maximum atomic E-state index is 12.9. The lowest BCUT2D eigenvalue weighted by Crippen LogP contribution is -2.46. The highest BCUT2D eigenvalue weighted by molar-refractivity contribution is 5.30. The number of nitrogens with one attached hydrogen (secondary N) is 1. The quantitative estimate of drug-likeness (QED) is 0.853. The number of benzene rings is 2. The molecular weight excluding hydrogens is 307 g/mol. The number of aliphatic hydroxyl groups is 1. The monoisotopic (exact) mass is 330 g/mol. The number of piperazine rings is 1. The Balaban J connectivity index is 1.60. The highest BCUT2D eigenvalue weighted by Crippen LogP contribution is 2.23. The summed E-state index contributed by atoms with van der Waals surface area (Å²) in [6.07, 6.45) is 0. The van der Waals surface area contributed by atoms with Crippen LogP contribution in [-0.4, -0.2) is 42.8 Å². The van der Waals surface area contributed by atoms with Crippen LogP contribution in [0.3, 0.4) is 0 Å². The van der Waals surface area contributed by atoms with Crippen LogP contribution in [0.15, 0.2) is 48.5 Å². The van der Waals surface area contributed by atoms with Gasteiger partial charge in [-0.25, -0.2) is 4.39 Å². The van der Waals surface area contributed by atoms with Crippen LogP contribution in [0.4, 0.5) is 4.39 Å². The van der Waals surface area contributed by atoms with Crippen LogP contribution in [-0.2, 0) is 6.61 Å². The minimum Gasteiger partial charge on any atom is -0.489 e. The fourth-order valence-corrected chi connectivity index (χ4v) is 2.96. The molecular formula is C19H23FN2O2. The minimum absolute atomic E-state index is 0.0262. The van der Waals surface area contributed by atoms with Crippen molar-refractivity contribution in [3.05, 3.63) is 65.5 Å². The molecule has 1 heterocycles. The zero-order chi connectivity index (χ0) is 16.8. The molecule has 3 rings (SSSR count). The number of rotatable bonds is 6. The van der Waals surface area contributed by atoms with Crippen LogP contribution < -0.4 is 10.1 Å². The van der Waals surface area contributed by atoms with E-state index in [1.165, 1.54) is 12.1 Å². The molecule has 0 radical (unpaired) electrons. The molecule has 0 saturated carbocycles. The van der Waals surface area contributed by atoms with Crippen molar-refractivity contribution < 1.29 is 14.2 Å². The lowest BCUT2D eigenvalue weighted by Gasteiger charge is -2.34. The summed E-state index contributed by atoms with van der Waals surface area (Å²) in [6.45, 7) is 4.30. The van der Waals surface area contributed by atoms with Crippen molar-refractivity contribution in [2.75, 3.05) is 32.8 Å². The van der Waals surface area contributed by atoms with E-state index >= 15 is 0 Å². The first-order valence-corrected chi connectivity index (χ1v) is 8.29. The number of halogens is 1. The normalized spacial score (nSPS) is 16.8. The maximum Gasteiger partial charge on any atom is 0.123 e. The zero-order valence-electron chi connectivity index (χ0n) is 13.6. The second-order valence-corrected chi connectivity index (χ2v) is 5.97. The third kappa shape index (κ3) is 4.32. The summed E-state index contributed by atoms with van der Waals surface area (Å²) in [7, 11) is 0. The van der Waals surface area contributed by atoms with E-state index in [9.17, 15) is 9.50 Å². The topological polar surface area (TPSA) is 44.7 Å². The molecule has 1 saturated heterocycles. The van der Waals surface area contributed by atoms with Gasteiger partial charge in [-0.2, -0.15) is 0 Å². The van der Waals surface area contributed by atoms with E-state index in [-0.39, 0.29) is 18.5 Å². The molecule has 0 bridgehead atoms. The highest BCUT2D eigenvalue weighted by atomic mass is 19.1. The summed E-state index contributed by atoms with van der Waals surface area (Å²) in [5.41, 5.74) is 2.02. The summed E-state index contributed by atoms with van der Waals surface area (Å²) in [5, 5.41) is 13.1. The molecule has 128 valence electrons. The van der Waals surface area contributed by atoms with Gasteiger partial charge in [0.25, 0.3) is 0 Å². The van der Waals surface area contributed by atoms with Crippen LogP contribution in [0.1, 0.15) is 17.2 Å². The van der Waals surface area contributed by atoms with Crippen molar-refractivity contribution in [1.82, 2.24) is 10.2 Å². The van der Waals surface area contributed by atoms with Gasteiger partial charge in [0, 0.05) is 26.2 Å². The molecule has 1 aliphatic heterocycles. The van der Waals surface area contributed by atoms with Crippen molar-refractivity contribution in [1.29, 1.82) is 0 Å². The van der Waals surface area contributed by atoms with Gasteiger partial charge in [0.05, 0.1) is 12.6 Å². The van der Waals surface area contributed by atoms with Gasteiger partial charge in [-0.15, -0.1) is 0 Å². The molecule has 0 aromatic heterocycles. The average Bonchev–Trinajstić information content (AvgIpc) is 2.64. The molecule has 1 atom stereocenters. The van der Waals surface area contributed by atoms with Gasteiger partial charge in [0.1, 0.15) is 18.2 Å². The fourth-order valence-electron chi connectivity index (χ4n) is 2.96. The molecule has 0 spiro atoms. The molecule has 5 heteroatoms. The minimum atomic E-state index is -0.244. The van der Waals surface area contributed by atoms with E-state index in [2.05, 4.69) is 10.2 Å². The van der Waals surface area contributed by atoms with Crippen molar-refractivity contribution in [3.63, 3.8) is 0 Å². The van der Waals surface area contributed by atoms with Crippen LogP contribution in [0.5, 0.6) is 5.75 Å². The van der Waals surface area contributed by atoms with E-state index in [4.69, 9.17) is 4.74 Å². The molecule has 2 aromatic rings. The summed E-state index contributed by atoms with van der Waals surface area (Å²) in [6, 6.07) is 14.2. The molecule has 0 amide bonds. The Hall–Kier alpha value is -1.95. The summed E-state index contributed by atoms with van der Waals surface area (Å²) in [4.78, 5) is 2.30. The van der Waals surface area contributed by atoms with Crippen molar-refractivity contribution in [2.45, 2.75) is 12.6 Å². The molecule has 2 N–H and O–H groups in total. The van der Waals surface area contributed by atoms with Crippen LogP contribution >= 0.6 is 0 Å². The third-order valence-electron chi connectivity index (χ3n) is 4.35. The number of aliphatic hydroxyl groups excluding tert-OH is 1. The highest BCUT2D eigenvalue weighted by Gasteiger charge is 2.21. The molecule has 24 heavy (non-hydrogen) atoms. The molecule has 4 nitrogen and oxygen atoms in total. The Bertz CT molecular complexity index is 625. The van der Waals surface area contributed by atoms with Crippen LogP contribution in [0, 0.1) is 5.82 Å². The zero-order valence-corrected chi connectivity index (χ0v) is 13.6. The Kier molecular flexibility index (Phi) is 5.80. The first-order chi connectivity index (χ1) is 11.8. The predicted octanol–water partition coefficient (Wildman–Crippen LogP) is 2.34. The van der Waals surface area contributed by atoms with Gasteiger partial charge >= 0.3 is 0 Å². The second kappa shape index (κ2) is 8.24. The lowest BCUT2D eigenvalue weighted by atomic mass is 10.1. The average molecular weight is 330 g/mol. The van der Waals surface area contributed by atoms with Gasteiger partial charge < -0.3 is 15.2 Å². The van der Waals surface area contributed by atoms with Gasteiger partial charge in [0.2, 0.25) is 0 Å². The fraction of sp³-hybridized carbons (Fsp3) is 0.368. The van der Waals surface area contributed by atoms with E-state index in [1.807, 2.05) is 24.3 Å². The smallest absolute Gasteiger partial charge is 0.123 e. The molecule has 1 aliphatic rings. The van der Waals surface area contributed by atoms with Gasteiger partial charge in [-0.3, -0.25) is 4.90 Å². The molecule has 2 aromatic carbocycles. The SMILES string of the molecule is OCC(c1ccc(OCc2ccc(F)cc2)cc1)N1CCNCC1. The molecule has 0 aliphatic carbocycles. The third-order valence-corrected chi connectivity index (χ3v) is 4.35. The van der Waals surface area contributed by atoms with Crippen LogP contribution in [0.2, 0.25) is 0 Å². The van der Waals surface area contributed by atoms with Gasteiger partial charge in [0.15, 0.2) is 0 Å². The number of nitrogens with zero attached hydrogens (tertiary/aromatic N) is 1. The predicted molar refractivity (Wildman–Crippen MR) is 91.4 cm³/mol. The summed E-state index contributed by atoms with van der Waals surface area (Å²) < 4.78 is 18.6. The van der Waals surface area contributed by atoms with Crippen molar-refractivity contribution in [2.24, 2.45) is 0 Å². The summed E-state index contributed by atoms with van der Waals surface area (Å²) in [5.74, 6) is 0.520. The molecule has 1 unspecified atom stereocenters. The van der Waals surface area contributed by atoms with Crippen molar-refractivity contribution in [3.8, 4) is 5.75 Å². The standard InChI is InChI=1S/C19H23FN2O2/c20-17-5-1-15(2-6-17)14-24-18-7-3-16(4-8-18)19(13-23)22-11-9-21-10-12-22/h1-8,19,21,23H,9-14H2. The first-order valence-electron chi connectivity index (χ1n) is 8.29. The largest absolute Gasteiger partial charge is 0.489 e. The Labute approximate surface area is 141 Å². The van der Waals surface area contributed by atoms with Gasteiger partial charge in [-0.05, 0) is 35.4 Å². The van der Waals surface area contributed by atoms with Crippen LogP contribution in [0.25, 0.3) is 0 Å². The Morgan fingerprint density at radius 2 is 1.71 bits per heavy atom. The number of hydrogen-bond donors (Lipinski definition) is 2. The van der Waals surface area contributed by atoms with E-state index < -0.39 is 0 Å². The van der Waals surface area contributed by atoms with E-state index in [0.717, 1.165) is 43.1 Å². The van der Waals surface area contributed by atoms with Crippen molar-refractivity contribution >= 4 is 0 Å². The second-order valence-electron chi connectivity index (χ2n) is 5.97. The van der Waals surface area contributed by atoms with E-state index in [1.54, 1.807) is 12.1 Å². The lowest BCUT2D eigenvalue weighted by molar-refractivity contribution is 0.111. The number of ether oxygens (including phenoxy) is 1. The Morgan fingerprint density at radius 3 is 2.33 bits per heavy atom. The van der Waals surface area contributed by atoms with E-state index in [0.29, 0.717) is 6.61 Å². The molecule has 1 fully saturated rings. The number of hydrogen-bond acceptors (Lipinski definition) is 4. The van der Waals surface area contributed by atoms with Gasteiger partial charge in [-0.1, -0.05) is 24.3 Å². The summed E-state index contributed by atoms with van der Waals surface area (Å²) >= 11 is 0. The Morgan fingerprint density at radius 1 is 1.04 bits per heavy atom.